The van der Waals surface area contributed by atoms with Gasteiger partial charge in [0.25, 0.3) is 0 Å². The molecule has 3 aromatic rings. The van der Waals surface area contributed by atoms with Gasteiger partial charge in [0.2, 0.25) is 11.9 Å². The molecule has 0 spiro atoms. The molecule has 2 N–H and O–H groups in total. The Kier molecular flexibility index (Phi) is 7.56. The van der Waals surface area contributed by atoms with Crippen LogP contribution in [0.4, 0.5) is 48.3 Å². The predicted molar refractivity (Wildman–Crippen MR) is 127 cm³/mol. The number of aromatic nitrogens is 3. The number of allylic oxidation sites excluding steroid dienone is 3. The van der Waals surface area contributed by atoms with Crippen molar-refractivity contribution in [3.8, 4) is 6.01 Å². The zero-order chi connectivity index (χ0) is 27.4. The molecule has 1 atom stereocenters. The van der Waals surface area contributed by atoms with Crippen molar-refractivity contribution < 1.29 is 35.5 Å². The van der Waals surface area contributed by atoms with E-state index in [-0.39, 0.29) is 24.6 Å². The fourth-order valence-electron chi connectivity index (χ4n) is 3.57. The summed E-state index contributed by atoms with van der Waals surface area (Å²) in [4.78, 5) is 11.4. The van der Waals surface area contributed by atoms with Crippen LogP contribution in [0.2, 0.25) is 0 Å². The number of nitrogens with one attached hydrogen (secondary N) is 2. The molecule has 0 saturated heterocycles. The van der Waals surface area contributed by atoms with Crippen LogP contribution in [-0.2, 0) is 6.18 Å². The van der Waals surface area contributed by atoms with E-state index in [1.54, 1.807) is 12.2 Å². The van der Waals surface area contributed by atoms with Crippen molar-refractivity contribution >= 4 is 23.2 Å². The molecular formula is C25H20F7N5O. The third kappa shape index (κ3) is 7.43. The summed E-state index contributed by atoms with van der Waals surface area (Å²) in [5.74, 6) is -0.746. The summed E-state index contributed by atoms with van der Waals surface area (Å²) in [6, 6.07) is 12.4. The van der Waals surface area contributed by atoms with E-state index < -0.39 is 42.2 Å². The fourth-order valence-corrected chi connectivity index (χ4v) is 3.57. The fraction of sp³-hybridized carbons (Fsp3) is 0.240. The largest absolute Gasteiger partial charge is 0.454 e. The Morgan fingerprint density at radius 3 is 2.34 bits per heavy atom. The van der Waals surface area contributed by atoms with Crippen LogP contribution in [-0.4, -0.2) is 39.9 Å². The minimum absolute atomic E-state index is 0.00162. The number of nitrogens with zero attached hydrogens (tertiary/aromatic N) is 3. The molecule has 13 heteroatoms. The summed E-state index contributed by atoms with van der Waals surface area (Å²) < 4.78 is 97.4. The highest BCUT2D eigenvalue weighted by atomic mass is 19.4. The summed E-state index contributed by atoms with van der Waals surface area (Å²) in [7, 11) is 0. The lowest BCUT2D eigenvalue weighted by Crippen LogP contribution is -2.32. The van der Waals surface area contributed by atoms with Gasteiger partial charge in [0.15, 0.2) is 12.3 Å². The number of alkyl halides is 7. The van der Waals surface area contributed by atoms with Crippen LogP contribution in [0.5, 0.6) is 6.01 Å². The van der Waals surface area contributed by atoms with E-state index in [0.29, 0.717) is 0 Å². The van der Waals surface area contributed by atoms with Crippen LogP contribution in [0.3, 0.4) is 0 Å². The first-order chi connectivity index (χ1) is 17.9. The van der Waals surface area contributed by atoms with E-state index in [1.807, 2.05) is 30.3 Å². The monoisotopic (exact) mass is 539 g/mol. The first-order valence-corrected chi connectivity index (χ1v) is 11.2. The molecule has 4 rings (SSSR count). The van der Waals surface area contributed by atoms with Crippen molar-refractivity contribution in [1.29, 1.82) is 0 Å². The van der Waals surface area contributed by atoms with Gasteiger partial charge in [-0.25, -0.2) is 4.39 Å². The number of hydrogen-bond acceptors (Lipinski definition) is 6. The number of benzene rings is 2. The number of rotatable bonds is 8. The second kappa shape index (κ2) is 10.7. The van der Waals surface area contributed by atoms with Crippen molar-refractivity contribution in [3.63, 3.8) is 0 Å². The Balaban J connectivity index is 1.54. The predicted octanol–water partition coefficient (Wildman–Crippen LogP) is 6.74. The smallest absolute Gasteiger partial charge is 0.422 e. The first kappa shape index (κ1) is 26.9. The minimum Gasteiger partial charge on any atom is -0.454 e. The lowest BCUT2D eigenvalue weighted by molar-refractivity contribution is -0.154. The molecule has 1 heterocycles. The first-order valence-electron chi connectivity index (χ1n) is 11.2. The summed E-state index contributed by atoms with van der Waals surface area (Å²) in [6.45, 7) is -2.08. The van der Waals surface area contributed by atoms with Gasteiger partial charge in [-0.15, -0.1) is 0 Å². The zero-order valence-electron chi connectivity index (χ0n) is 19.4. The molecule has 0 aliphatic heterocycles. The van der Waals surface area contributed by atoms with Gasteiger partial charge in [-0.2, -0.15) is 41.3 Å². The lowest BCUT2D eigenvalue weighted by atomic mass is 9.87. The Labute approximate surface area is 212 Å². The Bertz CT molecular complexity index is 1330. The Hall–Kier alpha value is -4.16. The van der Waals surface area contributed by atoms with Crippen molar-refractivity contribution in [2.45, 2.75) is 24.4 Å². The van der Waals surface area contributed by atoms with Crippen LogP contribution < -0.4 is 15.4 Å². The molecule has 0 amide bonds. The summed E-state index contributed by atoms with van der Waals surface area (Å²) in [5.41, 5.74) is -1.39. The molecular weight excluding hydrogens is 519 g/mol. The van der Waals surface area contributed by atoms with E-state index in [1.165, 1.54) is 12.1 Å². The van der Waals surface area contributed by atoms with Crippen LogP contribution in [0, 0.1) is 0 Å². The van der Waals surface area contributed by atoms with E-state index in [0.717, 1.165) is 29.3 Å². The standard InChI is InChI=1S/C25H20F7N5O/c26-23(11-5-8-17(13-23)16-6-2-1-3-7-16)14-33-20-35-21(37-22(36-20)38-15-24(27,28)29)34-19-10-4-9-18(12-19)25(30,31)32/h1-12H,13-15H2,(H2,33,34,35,36,37). The molecule has 6 nitrogen and oxygen atoms in total. The maximum atomic E-state index is 15.6. The molecule has 1 aromatic heterocycles. The van der Waals surface area contributed by atoms with Crippen LogP contribution >= 0.6 is 0 Å². The van der Waals surface area contributed by atoms with Crippen molar-refractivity contribution in [1.82, 2.24) is 15.0 Å². The molecule has 1 aliphatic rings. The molecule has 1 unspecified atom stereocenters. The SMILES string of the molecule is FC(F)(F)COc1nc(NCC2(F)C=CC=C(c3ccccc3)C2)nc(Nc2cccc(C(F)(F)F)c2)n1. The number of hydrogen-bond donors (Lipinski definition) is 2. The van der Waals surface area contributed by atoms with Gasteiger partial charge >= 0.3 is 18.4 Å². The Morgan fingerprint density at radius 2 is 1.63 bits per heavy atom. The van der Waals surface area contributed by atoms with Gasteiger partial charge in [-0.3, -0.25) is 0 Å². The minimum atomic E-state index is -4.70. The van der Waals surface area contributed by atoms with Crippen LogP contribution in [0.15, 0.2) is 72.8 Å². The highest BCUT2D eigenvalue weighted by Crippen LogP contribution is 2.34. The molecule has 0 fully saturated rings. The van der Waals surface area contributed by atoms with Gasteiger partial charge in [-0.1, -0.05) is 48.6 Å². The van der Waals surface area contributed by atoms with E-state index in [2.05, 4.69) is 30.3 Å². The normalized spacial score (nSPS) is 17.6. The van der Waals surface area contributed by atoms with Gasteiger partial charge in [0, 0.05) is 12.1 Å². The number of halogens is 7. The van der Waals surface area contributed by atoms with Crippen LogP contribution in [0.1, 0.15) is 17.5 Å². The molecule has 2 aromatic carbocycles. The highest BCUT2D eigenvalue weighted by molar-refractivity contribution is 5.70. The quantitative estimate of drug-likeness (QED) is 0.309. The third-order valence-electron chi connectivity index (χ3n) is 5.29. The average molecular weight is 539 g/mol. The molecule has 38 heavy (non-hydrogen) atoms. The highest BCUT2D eigenvalue weighted by Gasteiger charge is 2.32. The summed E-state index contributed by atoms with van der Waals surface area (Å²) in [5, 5.41) is 5.12. The second-order valence-corrected chi connectivity index (χ2v) is 8.35. The second-order valence-electron chi connectivity index (χ2n) is 8.35. The lowest BCUT2D eigenvalue weighted by Gasteiger charge is -2.26. The molecule has 0 saturated carbocycles. The van der Waals surface area contributed by atoms with Crippen molar-refractivity contribution in [2.75, 3.05) is 23.8 Å². The molecule has 0 radical (unpaired) electrons. The maximum Gasteiger partial charge on any atom is 0.422 e. The van der Waals surface area contributed by atoms with E-state index >= 15 is 4.39 Å². The topological polar surface area (TPSA) is 72.0 Å². The van der Waals surface area contributed by atoms with Crippen molar-refractivity contribution in [3.05, 3.63) is 84.0 Å². The van der Waals surface area contributed by atoms with E-state index in [4.69, 9.17) is 0 Å². The van der Waals surface area contributed by atoms with Gasteiger partial charge < -0.3 is 15.4 Å². The molecule has 200 valence electrons. The van der Waals surface area contributed by atoms with Crippen LogP contribution in [0.25, 0.3) is 5.57 Å². The van der Waals surface area contributed by atoms with E-state index in [9.17, 15) is 26.3 Å². The third-order valence-corrected chi connectivity index (χ3v) is 5.29. The van der Waals surface area contributed by atoms with Gasteiger partial charge in [-0.05, 0) is 35.4 Å². The number of ether oxygens (including phenoxy) is 1. The molecule has 0 bridgehead atoms. The summed E-state index contributed by atoms with van der Waals surface area (Å²) >= 11 is 0. The zero-order valence-corrected chi connectivity index (χ0v) is 19.4. The summed E-state index contributed by atoms with van der Waals surface area (Å²) in [6.07, 6.45) is -4.67. The Morgan fingerprint density at radius 1 is 0.895 bits per heavy atom. The maximum absolute atomic E-state index is 15.6. The van der Waals surface area contributed by atoms with Gasteiger partial charge in [0.1, 0.15) is 0 Å². The average Bonchev–Trinajstić information content (AvgIpc) is 2.86. The number of anilines is 3. The van der Waals surface area contributed by atoms with Gasteiger partial charge in [0.05, 0.1) is 12.1 Å². The molecule has 1 aliphatic carbocycles. The van der Waals surface area contributed by atoms with Crippen molar-refractivity contribution in [2.24, 2.45) is 0 Å².